The van der Waals surface area contributed by atoms with E-state index in [1.165, 1.54) is 4.90 Å². The Labute approximate surface area is 193 Å². The lowest BCUT2D eigenvalue weighted by atomic mass is 10.0. The molecule has 5 aliphatic rings. The summed E-state index contributed by atoms with van der Waals surface area (Å²) >= 11 is 0. The second kappa shape index (κ2) is 8.54. The summed E-state index contributed by atoms with van der Waals surface area (Å²) in [5.74, 6) is 0.724. The van der Waals surface area contributed by atoms with Gasteiger partial charge in [0, 0.05) is 38.2 Å². The number of fused-ring (bicyclic) bond motifs is 1. The number of nitrogens with zero attached hydrogens (tertiary/aromatic N) is 4. The molecular formula is C25H25F3N4O2. The van der Waals surface area contributed by atoms with Crippen LogP contribution in [0.15, 0.2) is 38.5 Å². The van der Waals surface area contributed by atoms with Crippen molar-refractivity contribution in [1.29, 1.82) is 0 Å². The molecule has 5 rings (SSSR count). The van der Waals surface area contributed by atoms with E-state index in [0.717, 1.165) is 22.7 Å². The first-order valence-corrected chi connectivity index (χ1v) is 11.3. The van der Waals surface area contributed by atoms with Crippen molar-refractivity contribution in [2.24, 2.45) is 4.99 Å². The Morgan fingerprint density at radius 3 is 2.53 bits per heavy atom. The lowest BCUT2D eigenvalue weighted by Crippen LogP contribution is -2.50. The van der Waals surface area contributed by atoms with Crippen LogP contribution < -0.4 is 16.1 Å². The first kappa shape index (κ1) is 22.6. The summed E-state index contributed by atoms with van der Waals surface area (Å²) in [6.07, 6.45) is 5.97. The van der Waals surface area contributed by atoms with Gasteiger partial charge in [0.2, 0.25) is 0 Å². The summed E-state index contributed by atoms with van der Waals surface area (Å²) in [5.41, 5.74) is 4.06. The molecule has 0 amide bonds. The van der Waals surface area contributed by atoms with E-state index >= 15 is 0 Å². The van der Waals surface area contributed by atoms with E-state index in [9.17, 15) is 18.0 Å². The number of halogens is 3. The van der Waals surface area contributed by atoms with Gasteiger partial charge in [-0.25, -0.2) is 4.98 Å². The number of alkyl halides is 3. The maximum Gasteiger partial charge on any atom is 0.401 e. The molecule has 3 heterocycles. The van der Waals surface area contributed by atoms with Crippen LogP contribution >= 0.6 is 0 Å². The van der Waals surface area contributed by atoms with Gasteiger partial charge in [0.25, 0.3) is 0 Å². The van der Waals surface area contributed by atoms with E-state index in [1.54, 1.807) is 6.92 Å². The molecule has 3 aliphatic heterocycles. The third-order valence-corrected chi connectivity index (χ3v) is 6.63. The highest BCUT2D eigenvalue weighted by Crippen LogP contribution is 2.18. The monoisotopic (exact) mass is 470 g/mol. The molecule has 0 aromatic carbocycles. The van der Waals surface area contributed by atoms with Crippen molar-refractivity contribution in [3.8, 4) is 0 Å². The van der Waals surface area contributed by atoms with E-state index in [1.807, 2.05) is 42.2 Å². The average Bonchev–Trinajstić information content (AvgIpc) is 2.82. The van der Waals surface area contributed by atoms with Gasteiger partial charge in [-0.1, -0.05) is 18.2 Å². The lowest BCUT2D eigenvalue weighted by Gasteiger charge is -2.36. The summed E-state index contributed by atoms with van der Waals surface area (Å²) in [6, 6.07) is 0. The molecular weight excluding hydrogens is 445 g/mol. The predicted molar refractivity (Wildman–Crippen MR) is 123 cm³/mol. The van der Waals surface area contributed by atoms with Crippen LogP contribution in [0.1, 0.15) is 16.8 Å². The summed E-state index contributed by atoms with van der Waals surface area (Å²) < 4.78 is 44.2. The molecule has 0 atom stereocenters. The number of aromatic nitrogens is 1. The molecule has 1 saturated heterocycles. The van der Waals surface area contributed by atoms with Crippen molar-refractivity contribution in [3.63, 3.8) is 0 Å². The minimum atomic E-state index is -4.19. The fraction of sp³-hybridized carbons (Fsp3) is 0.400. The fourth-order valence-corrected chi connectivity index (χ4v) is 4.63. The van der Waals surface area contributed by atoms with Crippen molar-refractivity contribution in [2.45, 2.75) is 26.4 Å². The Bertz CT molecular complexity index is 1480. The highest BCUT2D eigenvalue weighted by Gasteiger charge is 2.32. The number of aliphatic imine (C=N–C) groups is 1. The SMILES string of the molecule is Cc1c(C)c(=O)c(=C2C=CC(N3CCN(CC(F)(F)F)CC3)=NC2)c2oc3c(nc1=2)CC=CC=3. The van der Waals surface area contributed by atoms with Crippen LogP contribution in [0.25, 0.3) is 11.6 Å². The van der Waals surface area contributed by atoms with Crippen LogP contribution in [0.3, 0.4) is 0 Å². The van der Waals surface area contributed by atoms with Crippen molar-refractivity contribution >= 4 is 17.5 Å². The summed E-state index contributed by atoms with van der Waals surface area (Å²) in [4.78, 5) is 26.1. The summed E-state index contributed by atoms with van der Waals surface area (Å²) in [6.45, 7) is 4.70. The molecule has 0 aromatic rings. The molecule has 0 spiro atoms. The number of piperazine rings is 1. The van der Waals surface area contributed by atoms with Gasteiger partial charge in [0.15, 0.2) is 10.8 Å². The molecule has 34 heavy (non-hydrogen) atoms. The topological polar surface area (TPSA) is 61.9 Å². The normalized spacial score (nSPS) is 20.4. The molecule has 178 valence electrons. The van der Waals surface area contributed by atoms with Gasteiger partial charge in [0.05, 0.1) is 24.0 Å². The minimum Gasteiger partial charge on any atom is -0.452 e. The highest BCUT2D eigenvalue weighted by atomic mass is 19.4. The zero-order valence-electron chi connectivity index (χ0n) is 19.1. The van der Waals surface area contributed by atoms with Gasteiger partial charge in [-0.15, -0.1) is 0 Å². The van der Waals surface area contributed by atoms with Crippen molar-refractivity contribution < 1.29 is 17.6 Å². The van der Waals surface area contributed by atoms with Gasteiger partial charge in [0.1, 0.15) is 16.6 Å². The number of allylic oxidation sites excluding steroid dienone is 2. The largest absolute Gasteiger partial charge is 0.452 e. The fourth-order valence-electron chi connectivity index (χ4n) is 4.63. The van der Waals surface area contributed by atoms with Crippen LogP contribution in [0, 0.1) is 24.6 Å². The number of dihydropyridines is 1. The number of hydrogen-bond acceptors (Lipinski definition) is 6. The van der Waals surface area contributed by atoms with Gasteiger partial charge < -0.3 is 9.32 Å². The van der Waals surface area contributed by atoms with E-state index in [4.69, 9.17) is 9.40 Å². The van der Waals surface area contributed by atoms with E-state index in [0.29, 0.717) is 59.6 Å². The highest BCUT2D eigenvalue weighted by molar-refractivity contribution is 5.97. The van der Waals surface area contributed by atoms with Crippen molar-refractivity contribution in [1.82, 2.24) is 14.8 Å². The Kier molecular flexibility index (Phi) is 5.67. The van der Waals surface area contributed by atoms with Crippen LogP contribution in [-0.2, 0) is 6.42 Å². The van der Waals surface area contributed by atoms with Crippen LogP contribution in [0.5, 0.6) is 0 Å². The first-order chi connectivity index (χ1) is 16.2. The minimum absolute atomic E-state index is 0.0964. The number of amidine groups is 1. The molecule has 0 aromatic heterocycles. The van der Waals surface area contributed by atoms with Gasteiger partial charge in [-0.3, -0.25) is 14.7 Å². The van der Waals surface area contributed by atoms with Gasteiger partial charge in [-0.05, 0) is 37.1 Å². The quantitative estimate of drug-likeness (QED) is 0.633. The van der Waals surface area contributed by atoms with Crippen LogP contribution in [0.2, 0.25) is 0 Å². The standard InChI is InChI=1S/C25H25F3N4O2/c1-15-16(2)23(33)21(24-22(15)30-18-5-3-4-6-19(18)34-24)17-7-8-20(29-13-17)32-11-9-31(10-12-32)14-25(26,27)28/h3-4,6-8H,5,9-14H2,1-2H3. The molecule has 0 bridgehead atoms. The molecule has 0 N–H and O–H groups in total. The maximum atomic E-state index is 13.3. The molecule has 9 heteroatoms. The molecule has 6 nitrogen and oxygen atoms in total. The lowest BCUT2D eigenvalue weighted by molar-refractivity contribution is -0.148. The van der Waals surface area contributed by atoms with Gasteiger partial charge >= 0.3 is 6.18 Å². The zero-order chi connectivity index (χ0) is 24.0. The average molecular weight is 470 g/mol. The van der Waals surface area contributed by atoms with Gasteiger partial charge in [-0.2, -0.15) is 13.2 Å². The second-order valence-corrected chi connectivity index (χ2v) is 8.87. The predicted octanol–water partition coefficient (Wildman–Crippen LogP) is 1.57. The smallest absolute Gasteiger partial charge is 0.401 e. The molecule has 2 aliphatic carbocycles. The Balaban J connectivity index is 1.50. The number of rotatable bonds is 1. The molecule has 0 unspecified atom stereocenters. The van der Waals surface area contributed by atoms with E-state index < -0.39 is 12.7 Å². The Hall–Kier alpha value is -3.20. The van der Waals surface area contributed by atoms with Crippen molar-refractivity contribution in [3.05, 3.63) is 72.7 Å². The summed E-state index contributed by atoms with van der Waals surface area (Å²) in [5, 5.41) is 1.16. The molecule has 0 radical (unpaired) electrons. The Morgan fingerprint density at radius 1 is 1.09 bits per heavy atom. The van der Waals surface area contributed by atoms with Crippen LogP contribution in [0.4, 0.5) is 13.2 Å². The maximum absolute atomic E-state index is 13.3. The molecule has 0 saturated carbocycles. The molecule has 1 fully saturated rings. The van der Waals surface area contributed by atoms with E-state index in [2.05, 4.69) is 4.99 Å². The summed E-state index contributed by atoms with van der Waals surface area (Å²) in [7, 11) is 0. The second-order valence-electron chi connectivity index (χ2n) is 8.87. The third kappa shape index (κ3) is 4.20. The zero-order valence-corrected chi connectivity index (χ0v) is 19.1. The van der Waals surface area contributed by atoms with Crippen LogP contribution in [-0.4, -0.2) is 66.1 Å². The van der Waals surface area contributed by atoms with E-state index in [-0.39, 0.29) is 12.0 Å². The Morgan fingerprint density at radius 2 is 1.85 bits per heavy atom. The third-order valence-electron chi connectivity index (χ3n) is 6.63. The van der Waals surface area contributed by atoms with Crippen molar-refractivity contribution in [2.75, 3.05) is 39.3 Å². The first-order valence-electron chi connectivity index (χ1n) is 11.3. The number of hydrogen-bond donors (Lipinski definition) is 0.